The molecule has 0 amide bonds. The van der Waals surface area contributed by atoms with Crippen LogP contribution in [0.5, 0.6) is 11.5 Å². The molecule has 0 spiro atoms. The van der Waals surface area contributed by atoms with E-state index in [4.69, 9.17) is 9.47 Å². The summed E-state index contributed by atoms with van der Waals surface area (Å²) in [5, 5.41) is 0. The van der Waals surface area contributed by atoms with E-state index in [0.717, 1.165) is 18.4 Å². The Bertz CT molecular complexity index is 609. The second kappa shape index (κ2) is 9.75. The second-order valence-corrected chi connectivity index (χ2v) is 8.72. The summed E-state index contributed by atoms with van der Waals surface area (Å²) < 4.78 is 11.0. The summed E-state index contributed by atoms with van der Waals surface area (Å²) in [6.07, 6.45) is 2.22. The van der Waals surface area contributed by atoms with Gasteiger partial charge in [-0.2, -0.15) is 0 Å². The highest BCUT2D eigenvalue weighted by Gasteiger charge is 2.20. The molecule has 0 aliphatic carbocycles. The van der Waals surface area contributed by atoms with Crippen LogP contribution in [0.3, 0.4) is 0 Å². The van der Waals surface area contributed by atoms with E-state index in [0.29, 0.717) is 36.2 Å². The van der Waals surface area contributed by atoms with Crippen molar-refractivity contribution in [1.29, 1.82) is 0 Å². The lowest BCUT2D eigenvalue weighted by Crippen LogP contribution is -2.15. The SMILES string of the molecule is CC(C)CCC(=O)Oc1ccc(C(C)(C)C)cc1OC(=O)CCC(C)C. The third kappa shape index (κ3) is 8.03. The van der Waals surface area contributed by atoms with E-state index in [-0.39, 0.29) is 17.4 Å². The number of esters is 2. The van der Waals surface area contributed by atoms with Gasteiger partial charge in [-0.3, -0.25) is 9.59 Å². The first kappa shape index (κ1) is 22.2. The fourth-order valence-electron chi connectivity index (χ4n) is 2.30. The van der Waals surface area contributed by atoms with Crippen LogP contribution in [-0.4, -0.2) is 11.9 Å². The van der Waals surface area contributed by atoms with Crippen molar-refractivity contribution < 1.29 is 19.1 Å². The van der Waals surface area contributed by atoms with Gasteiger partial charge in [-0.05, 0) is 47.8 Å². The molecule has 0 saturated heterocycles. The Labute approximate surface area is 158 Å². The molecule has 0 atom stereocenters. The third-order valence-electron chi connectivity index (χ3n) is 4.11. The van der Waals surface area contributed by atoms with Gasteiger partial charge in [0.25, 0.3) is 0 Å². The van der Waals surface area contributed by atoms with E-state index in [1.807, 2.05) is 6.07 Å². The van der Waals surface area contributed by atoms with Gasteiger partial charge in [0.2, 0.25) is 0 Å². The summed E-state index contributed by atoms with van der Waals surface area (Å²) in [6.45, 7) is 14.5. The normalized spacial score (nSPS) is 11.7. The fourth-order valence-corrected chi connectivity index (χ4v) is 2.30. The van der Waals surface area contributed by atoms with Gasteiger partial charge in [0.15, 0.2) is 11.5 Å². The molecule has 0 aliphatic heterocycles. The van der Waals surface area contributed by atoms with Gasteiger partial charge in [-0.25, -0.2) is 0 Å². The van der Waals surface area contributed by atoms with Crippen LogP contribution in [0.4, 0.5) is 0 Å². The van der Waals surface area contributed by atoms with Crippen LogP contribution in [0, 0.1) is 11.8 Å². The van der Waals surface area contributed by atoms with Crippen LogP contribution in [0.15, 0.2) is 18.2 Å². The van der Waals surface area contributed by atoms with Gasteiger partial charge >= 0.3 is 11.9 Å². The molecule has 4 heteroatoms. The minimum absolute atomic E-state index is 0.0979. The van der Waals surface area contributed by atoms with E-state index in [1.165, 1.54) is 0 Å². The first-order chi connectivity index (χ1) is 12.0. The maximum Gasteiger partial charge on any atom is 0.311 e. The number of hydrogen-bond donors (Lipinski definition) is 0. The predicted molar refractivity (Wildman–Crippen MR) is 105 cm³/mol. The first-order valence-electron chi connectivity index (χ1n) is 9.55. The van der Waals surface area contributed by atoms with Crippen molar-refractivity contribution in [3.63, 3.8) is 0 Å². The molecule has 0 radical (unpaired) electrons. The monoisotopic (exact) mass is 362 g/mol. The minimum atomic E-state index is -0.304. The zero-order valence-corrected chi connectivity index (χ0v) is 17.3. The highest BCUT2D eigenvalue weighted by Crippen LogP contribution is 2.34. The number of rotatable bonds is 8. The lowest BCUT2D eigenvalue weighted by molar-refractivity contribution is -0.137. The summed E-state index contributed by atoms with van der Waals surface area (Å²) in [6, 6.07) is 5.44. The van der Waals surface area contributed by atoms with Gasteiger partial charge in [-0.1, -0.05) is 54.5 Å². The summed E-state index contributed by atoms with van der Waals surface area (Å²) in [4.78, 5) is 24.3. The minimum Gasteiger partial charge on any atom is -0.423 e. The molecule has 1 rings (SSSR count). The average Bonchev–Trinajstić information content (AvgIpc) is 2.51. The topological polar surface area (TPSA) is 52.6 Å². The Balaban J connectivity index is 2.97. The standard InChI is InChI=1S/C22H34O4/c1-15(2)8-12-20(23)25-18-11-10-17(22(5,6)7)14-19(18)26-21(24)13-9-16(3)4/h10-11,14-16H,8-9,12-13H2,1-7H3. The molecule has 0 fully saturated rings. The number of carbonyl (C=O) groups is 2. The van der Waals surface area contributed by atoms with Gasteiger partial charge in [0.05, 0.1) is 0 Å². The Morgan fingerprint density at radius 3 is 1.73 bits per heavy atom. The lowest BCUT2D eigenvalue weighted by atomic mass is 9.87. The molecule has 0 saturated carbocycles. The summed E-state index contributed by atoms with van der Waals surface area (Å²) in [5.41, 5.74) is 0.922. The summed E-state index contributed by atoms with van der Waals surface area (Å²) >= 11 is 0. The molecule has 1 aromatic carbocycles. The fraction of sp³-hybridized carbons (Fsp3) is 0.636. The number of benzene rings is 1. The van der Waals surface area contributed by atoms with Crippen LogP contribution < -0.4 is 9.47 Å². The zero-order valence-electron chi connectivity index (χ0n) is 17.3. The molecule has 0 bridgehead atoms. The largest absolute Gasteiger partial charge is 0.423 e. The van der Waals surface area contributed by atoms with Gasteiger partial charge in [0.1, 0.15) is 0 Å². The number of ether oxygens (including phenoxy) is 2. The van der Waals surface area contributed by atoms with Crippen LogP contribution in [0.1, 0.15) is 79.7 Å². The Kier molecular flexibility index (Phi) is 8.32. The highest BCUT2D eigenvalue weighted by molar-refractivity contribution is 5.76. The van der Waals surface area contributed by atoms with Crippen LogP contribution in [-0.2, 0) is 15.0 Å². The second-order valence-electron chi connectivity index (χ2n) is 8.72. The van der Waals surface area contributed by atoms with Crippen molar-refractivity contribution in [2.45, 2.75) is 79.6 Å². The van der Waals surface area contributed by atoms with Crippen molar-refractivity contribution in [1.82, 2.24) is 0 Å². The van der Waals surface area contributed by atoms with Gasteiger partial charge in [0, 0.05) is 12.8 Å². The van der Waals surface area contributed by atoms with E-state index in [1.54, 1.807) is 12.1 Å². The third-order valence-corrected chi connectivity index (χ3v) is 4.11. The molecule has 0 heterocycles. The van der Waals surface area contributed by atoms with E-state index in [9.17, 15) is 9.59 Å². The highest BCUT2D eigenvalue weighted by atomic mass is 16.6. The van der Waals surface area contributed by atoms with Gasteiger partial charge < -0.3 is 9.47 Å². The average molecular weight is 363 g/mol. The smallest absolute Gasteiger partial charge is 0.311 e. The lowest BCUT2D eigenvalue weighted by Gasteiger charge is -2.21. The van der Waals surface area contributed by atoms with E-state index in [2.05, 4.69) is 48.5 Å². The molecule has 1 aromatic rings. The Morgan fingerprint density at radius 1 is 0.846 bits per heavy atom. The molecule has 146 valence electrons. The molecular formula is C22H34O4. The predicted octanol–water partition coefficient (Wildman–Crippen LogP) is 5.67. The number of carbonyl (C=O) groups excluding carboxylic acids is 2. The van der Waals surface area contributed by atoms with E-state index < -0.39 is 0 Å². The molecule has 0 aromatic heterocycles. The van der Waals surface area contributed by atoms with Crippen molar-refractivity contribution in [2.24, 2.45) is 11.8 Å². The van der Waals surface area contributed by atoms with Crippen molar-refractivity contribution in [2.75, 3.05) is 0 Å². The summed E-state index contributed by atoms with van der Waals surface area (Å²) in [5.74, 6) is 0.885. The first-order valence-corrected chi connectivity index (χ1v) is 9.55. The van der Waals surface area contributed by atoms with E-state index >= 15 is 0 Å². The number of hydrogen-bond acceptors (Lipinski definition) is 4. The van der Waals surface area contributed by atoms with Crippen LogP contribution in [0.2, 0.25) is 0 Å². The van der Waals surface area contributed by atoms with Crippen molar-refractivity contribution in [3.05, 3.63) is 23.8 Å². The molecule has 26 heavy (non-hydrogen) atoms. The zero-order chi connectivity index (χ0) is 19.9. The van der Waals surface area contributed by atoms with Crippen LogP contribution >= 0.6 is 0 Å². The van der Waals surface area contributed by atoms with Crippen LogP contribution in [0.25, 0.3) is 0 Å². The Hall–Kier alpha value is -1.84. The van der Waals surface area contributed by atoms with Gasteiger partial charge in [-0.15, -0.1) is 0 Å². The molecule has 0 aliphatic rings. The maximum atomic E-state index is 12.2. The molecular weight excluding hydrogens is 328 g/mol. The quantitative estimate of drug-likeness (QED) is 0.442. The Morgan fingerprint density at radius 2 is 1.31 bits per heavy atom. The summed E-state index contributed by atoms with van der Waals surface area (Å²) in [7, 11) is 0. The maximum absolute atomic E-state index is 12.2. The molecule has 0 unspecified atom stereocenters. The molecule has 0 N–H and O–H groups in total. The molecule has 4 nitrogen and oxygen atoms in total. The van der Waals surface area contributed by atoms with Crippen molar-refractivity contribution in [3.8, 4) is 11.5 Å². The van der Waals surface area contributed by atoms with Crippen molar-refractivity contribution >= 4 is 11.9 Å².